The first-order valence-corrected chi connectivity index (χ1v) is 9.42. The van der Waals surface area contributed by atoms with Crippen LogP contribution < -0.4 is 10.6 Å². The van der Waals surface area contributed by atoms with E-state index in [1.165, 1.54) is 0 Å². The van der Waals surface area contributed by atoms with Crippen molar-refractivity contribution in [3.05, 3.63) is 42.4 Å². The van der Waals surface area contributed by atoms with Crippen LogP contribution in [0.25, 0.3) is 5.69 Å². The highest BCUT2D eigenvalue weighted by molar-refractivity contribution is 5.94. The van der Waals surface area contributed by atoms with Gasteiger partial charge in [0.1, 0.15) is 6.33 Å². The Morgan fingerprint density at radius 3 is 2.79 bits per heavy atom. The number of imidazole rings is 1. The van der Waals surface area contributed by atoms with Gasteiger partial charge in [-0.3, -0.25) is 9.59 Å². The van der Waals surface area contributed by atoms with Crippen molar-refractivity contribution in [3.63, 3.8) is 0 Å². The maximum atomic E-state index is 12.3. The van der Waals surface area contributed by atoms with E-state index in [2.05, 4.69) is 27.7 Å². The van der Waals surface area contributed by atoms with Crippen LogP contribution in [0.4, 0.5) is 5.82 Å². The Bertz CT molecular complexity index is 951. The minimum Gasteiger partial charge on any atom is -0.352 e. The highest BCUT2D eigenvalue weighted by atomic mass is 16.2. The summed E-state index contributed by atoms with van der Waals surface area (Å²) in [6, 6.07) is 7.09. The quantitative estimate of drug-likeness (QED) is 0.426. The molecule has 1 atom stereocenters. The number of aromatic nitrogens is 2. The zero-order valence-electron chi connectivity index (χ0n) is 16.0. The number of terminal acetylenes is 1. The topological polar surface area (TPSA) is 103 Å². The molecule has 0 aliphatic carbocycles. The van der Waals surface area contributed by atoms with Gasteiger partial charge in [-0.1, -0.05) is 0 Å². The summed E-state index contributed by atoms with van der Waals surface area (Å²) in [5.74, 6) is 2.50. The Labute approximate surface area is 169 Å². The van der Waals surface area contributed by atoms with Crippen LogP contribution in [-0.4, -0.2) is 45.9 Å². The van der Waals surface area contributed by atoms with Crippen molar-refractivity contribution in [1.29, 1.82) is 5.26 Å². The number of amides is 2. The second-order valence-corrected chi connectivity index (χ2v) is 6.80. The van der Waals surface area contributed by atoms with Crippen molar-refractivity contribution in [2.75, 3.05) is 25.0 Å². The van der Waals surface area contributed by atoms with E-state index >= 15 is 0 Å². The summed E-state index contributed by atoms with van der Waals surface area (Å²) in [6.45, 7) is 1.59. The fraction of sp³-hybridized carbons (Fsp3) is 0.333. The molecule has 8 heteroatoms. The molecule has 1 aliphatic heterocycles. The van der Waals surface area contributed by atoms with Crippen LogP contribution >= 0.6 is 0 Å². The van der Waals surface area contributed by atoms with Crippen LogP contribution in [-0.2, 0) is 4.79 Å². The Kier molecular flexibility index (Phi) is 6.49. The van der Waals surface area contributed by atoms with Gasteiger partial charge in [0.25, 0.3) is 5.91 Å². The summed E-state index contributed by atoms with van der Waals surface area (Å²) in [5.41, 5.74) is 1.38. The zero-order chi connectivity index (χ0) is 20.6. The summed E-state index contributed by atoms with van der Waals surface area (Å²) >= 11 is 0. The number of carbonyl (C=O) groups excluding carboxylic acids is 2. The Morgan fingerprint density at radius 1 is 1.31 bits per heavy atom. The highest BCUT2D eigenvalue weighted by Gasteiger charge is 2.28. The first-order chi connectivity index (χ1) is 14.1. The largest absolute Gasteiger partial charge is 0.352 e. The van der Waals surface area contributed by atoms with Crippen LogP contribution in [0.15, 0.2) is 36.8 Å². The van der Waals surface area contributed by atoms with E-state index in [1.807, 2.05) is 12.1 Å². The number of carbonyl (C=O) groups is 2. The molecular formula is C21H22N6O2. The van der Waals surface area contributed by atoms with Crippen LogP contribution in [0.3, 0.4) is 0 Å². The SMILES string of the molecule is C#CCCCNC(=O)c1ccc(-n2cnc(NC(=O)[C@H]3CCN(C#N)C3)c2)cc1. The van der Waals surface area contributed by atoms with Crippen molar-refractivity contribution in [3.8, 4) is 24.2 Å². The molecule has 0 saturated carbocycles. The second kappa shape index (κ2) is 9.43. The molecule has 1 saturated heterocycles. The van der Waals surface area contributed by atoms with Gasteiger partial charge in [-0.05, 0) is 37.1 Å². The van der Waals surface area contributed by atoms with Gasteiger partial charge in [0, 0.05) is 37.3 Å². The smallest absolute Gasteiger partial charge is 0.251 e. The number of nitriles is 1. The molecule has 0 bridgehead atoms. The molecule has 1 aliphatic rings. The highest BCUT2D eigenvalue weighted by Crippen LogP contribution is 2.18. The number of anilines is 1. The fourth-order valence-corrected chi connectivity index (χ4v) is 3.10. The molecule has 1 fully saturated rings. The molecule has 8 nitrogen and oxygen atoms in total. The summed E-state index contributed by atoms with van der Waals surface area (Å²) in [7, 11) is 0. The first-order valence-electron chi connectivity index (χ1n) is 9.42. The number of rotatable bonds is 7. The molecule has 1 aromatic carbocycles. The molecule has 29 heavy (non-hydrogen) atoms. The number of unbranched alkanes of at least 4 members (excludes halogenated alkanes) is 1. The van der Waals surface area contributed by atoms with Crippen molar-refractivity contribution in [2.24, 2.45) is 5.92 Å². The lowest BCUT2D eigenvalue weighted by atomic mass is 10.1. The van der Waals surface area contributed by atoms with Crippen LogP contribution in [0.5, 0.6) is 0 Å². The number of nitrogens with one attached hydrogen (secondary N) is 2. The van der Waals surface area contributed by atoms with Crippen molar-refractivity contribution < 1.29 is 9.59 Å². The lowest BCUT2D eigenvalue weighted by Crippen LogP contribution is -2.25. The number of likely N-dealkylation sites (tertiary alicyclic amines) is 1. The van der Waals surface area contributed by atoms with Crippen LogP contribution in [0, 0.1) is 29.7 Å². The lowest BCUT2D eigenvalue weighted by Gasteiger charge is -2.09. The van der Waals surface area contributed by atoms with E-state index in [9.17, 15) is 9.59 Å². The van der Waals surface area contributed by atoms with E-state index in [0.29, 0.717) is 43.9 Å². The Hall–Kier alpha value is -3.78. The standard InChI is InChI=1S/C21H22N6O2/c1-2-3-4-10-23-20(28)16-5-7-18(8-6-16)27-13-19(24-15-27)25-21(29)17-9-11-26(12-17)14-22/h1,5-8,13,15,17H,3-4,9-12H2,(H,23,28)(H,25,29)/t17-/m0/s1. The van der Waals surface area contributed by atoms with E-state index < -0.39 is 0 Å². The fourth-order valence-electron chi connectivity index (χ4n) is 3.10. The Balaban J connectivity index is 1.56. The van der Waals surface area contributed by atoms with Crippen molar-refractivity contribution in [1.82, 2.24) is 19.8 Å². The molecule has 3 rings (SSSR count). The zero-order valence-corrected chi connectivity index (χ0v) is 16.0. The third kappa shape index (κ3) is 5.14. The van der Waals surface area contributed by atoms with Gasteiger partial charge >= 0.3 is 0 Å². The van der Waals surface area contributed by atoms with Gasteiger partial charge in [-0.2, -0.15) is 5.26 Å². The normalized spacial score (nSPS) is 15.4. The number of hydrogen-bond acceptors (Lipinski definition) is 5. The van der Waals surface area contributed by atoms with E-state index in [4.69, 9.17) is 11.7 Å². The van der Waals surface area contributed by atoms with Gasteiger partial charge in [0.15, 0.2) is 12.0 Å². The van der Waals surface area contributed by atoms with Gasteiger partial charge < -0.3 is 20.1 Å². The van der Waals surface area contributed by atoms with Crippen molar-refractivity contribution in [2.45, 2.75) is 19.3 Å². The molecular weight excluding hydrogens is 368 g/mol. The van der Waals surface area contributed by atoms with Gasteiger partial charge in [0.2, 0.25) is 5.91 Å². The van der Waals surface area contributed by atoms with E-state index in [1.54, 1.807) is 34.1 Å². The van der Waals surface area contributed by atoms with E-state index in [-0.39, 0.29) is 17.7 Å². The first kappa shape index (κ1) is 20.0. The summed E-state index contributed by atoms with van der Waals surface area (Å²) in [6.07, 6.45) is 12.6. The predicted molar refractivity (Wildman–Crippen MR) is 108 cm³/mol. The maximum Gasteiger partial charge on any atom is 0.251 e. The molecule has 2 aromatic rings. The van der Waals surface area contributed by atoms with E-state index in [0.717, 1.165) is 12.1 Å². The van der Waals surface area contributed by atoms with Gasteiger partial charge in [0.05, 0.1) is 12.1 Å². The molecule has 0 radical (unpaired) electrons. The van der Waals surface area contributed by atoms with Gasteiger partial charge in [-0.25, -0.2) is 4.98 Å². The average Bonchev–Trinajstić information content (AvgIpc) is 3.41. The molecule has 148 valence electrons. The number of nitrogens with zero attached hydrogens (tertiary/aromatic N) is 4. The van der Waals surface area contributed by atoms with Crippen molar-refractivity contribution >= 4 is 17.6 Å². The maximum absolute atomic E-state index is 12.3. The van der Waals surface area contributed by atoms with Gasteiger partial charge in [-0.15, -0.1) is 12.3 Å². The second-order valence-electron chi connectivity index (χ2n) is 6.80. The molecule has 1 aromatic heterocycles. The third-order valence-corrected chi connectivity index (χ3v) is 4.75. The Morgan fingerprint density at radius 2 is 2.10 bits per heavy atom. The minimum atomic E-state index is -0.210. The molecule has 0 spiro atoms. The minimum absolute atomic E-state index is 0.134. The lowest BCUT2D eigenvalue weighted by molar-refractivity contribution is -0.119. The molecule has 0 unspecified atom stereocenters. The molecule has 2 amide bonds. The third-order valence-electron chi connectivity index (χ3n) is 4.75. The molecule has 2 N–H and O–H groups in total. The van der Waals surface area contributed by atoms with Crippen LogP contribution in [0.2, 0.25) is 0 Å². The van der Waals surface area contributed by atoms with Crippen LogP contribution in [0.1, 0.15) is 29.6 Å². The molecule has 2 heterocycles. The summed E-state index contributed by atoms with van der Waals surface area (Å²) < 4.78 is 1.76. The summed E-state index contributed by atoms with van der Waals surface area (Å²) in [5, 5.41) is 14.5. The predicted octanol–water partition coefficient (Wildman–Crippen LogP) is 1.76. The summed E-state index contributed by atoms with van der Waals surface area (Å²) in [4.78, 5) is 30.2. The number of benzene rings is 1. The average molecular weight is 390 g/mol. The monoisotopic (exact) mass is 390 g/mol. The number of hydrogen-bond donors (Lipinski definition) is 2.